The van der Waals surface area contributed by atoms with Crippen LogP contribution in [0.25, 0.3) is 0 Å². The molecule has 0 radical (unpaired) electrons. The van der Waals surface area contributed by atoms with E-state index in [1.165, 1.54) is 0 Å². The maximum Gasteiger partial charge on any atom is 0.276 e. The highest BCUT2D eigenvalue weighted by Gasteiger charge is 2.25. The van der Waals surface area contributed by atoms with Gasteiger partial charge in [-0.1, -0.05) is 42.5 Å². The molecule has 1 amide bonds. The van der Waals surface area contributed by atoms with E-state index in [9.17, 15) is 4.79 Å². The topological polar surface area (TPSA) is 60.3 Å². The van der Waals surface area contributed by atoms with Crippen molar-refractivity contribution in [3.8, 4) is 0 Å². The highest BCUT2D eigenvalue weighted by molar-refractivity contribution is 5.93. The van der Waals surface area contributed by atoms with E-state index in [-0.39, 0.29) is 5.91 Å². The average Bonchev–Trinajstić information content (AvgIpc) is 2.98. The van der Waals surface area contributed by atoms with Crippen LogP contribution in [0.1, 0.15) is 28.7 Å². The molecule has 1 aromatic carbocycles. The van der Waals surface area contributed by atoms with Gasteiger partial charge in [0.25, 0.3) is 5.91 Å². The fourth-order valence-corrected chi connectivity index (χ4v) is 2.65. The van der Waals surface area contributed by atoms with Gasteiger partial charge in [-0.2, -0.15) is 0 Å². The van der Waals surface area contributed by atoms with Crippen molar-refractivity contribution in [2.24, 2.45) is 0 Å². The summed E-state index contributed by atoms with van der Waals surface area (Å²) in [5.74, 6) is -0.0422. The van der Waals surface area contributed by atoms with Gasteiger partial charge in [-0.15, -0.1) is 5.10 Å². The second-order valence-electron chi connectivity index (χ2n) is 5.29. The summed E-state index contributed by atoms with van der Waals surface area (Å²) in [7, 11) is 0. The molecule has 1 fully saturated rings. The predicted molar refractivity (Wildman–Crippen MR) is 81.7 cm³/mol. The number of ether oxygens (including phenoxy) is 1. The van der Waals surface area contributed by atoms with E-state index in [2.05, 4.69) is 10.3 Å². The first-order chi connectivity index (χ1) is 10.8. The number of nitrogens with zero attached hydrogens (tertiary/aromatic N) is 4. The summed E-state index contributed by atoms with van der Waals surface area (Å²) in [5.41, 5.74) is 2.51. The quantitative estimate of drug-likeness (QED) is 0.855. The van der Waals surface area contributed by atoms with Crippen molar-refractivity contribution in [1.82, 2.24) is 19.9 Å². The van der Waals surface area contributed by atoms with E-state index in [1.54, 1.807) is 4.90 Å². The minimum absolute atomic E-state index is 0.0422. The highest BCUT2D eigenvalue weighted by atomic mass is 16.5. The van der Waals surface area contributed by atoms with Crippen LogP contribution in [0.4, 0.5) is 0 Å². The molecule has 22 heavy (non-hydrogen) atoms. The minimum atomic E-state index is -0.0422. The number of morpholine rings is 1. The van der Waals surface area contributed by atoms with Crippen LogP contribution < -0.4 is 0 Å². The zero-order valence-electron chi connectivity index (χ0n) is 12.7. The van der Waals surface area contributed by atoms with Crippen molar-refractivity contribution in [3.05, 3.63) is 47.3 Å². The van der Waals surface area contributed by atoms with Crippen LogP contribution >= 0.6 is 0 Å². The molecular formula is C16H20N4O2. The van der Waals surface area contributed by atoms with Gasteiger partial charge >= 0.3 is 0 Å². The van der Waals surface area contributed by atoms with Gasteiger partial charge < -0.3 is 9.64 Å². The number of hydrogen-bond acceptors (Lipinski definition) is 4. The summed E-state index contributed by atoms with van der Waals surface area (Å²) in [6.45, 7) is 5.07. The van der Waals surface area contributed by atoms with Crippen molar-refractivity contribution in [2.45, 2.75) is 19.9 Å². The Morgan fingerprint density at radius 3 is 2.64 bits per heavy atom. The smallest absolute Gasteiger partial charge is 0.276 e. The van der Waals surface area contributed by atoms with Crippen LogP contribution in [0.5, 0.6) is 0 Å². The van der Waals surface area contributed by atoms with Gasteiger partial charge in [0.1, 0.15) is 0 Å². The van der Waals surface area contributed by atoms with Crippen molar-refractivity contribution >= 4 is 5.91 Å². The number of carbonyl (C=O) groups excluding carboxylic acids is 1. The Labute approximate surface area is 129 Å². The van der Waals surface area contributed by atoms with Gasteiger partial charge in [-0.25, -0.2) is 4.68 Å². The Morgan fingerprint density at radius 2 is 1.95 bits per heavy atom. The standard InChI is InChI=1S/C16H20N4O2/c1-2-14-15(16(21)19-8-10-22-11-9-19)17-18-20(14)12-13-6-4-3-5-7-13/h3-7H,2,8-12H2,1H3. The van der Waals surface area contributed by atoms with Crippen LogP contribution in [0.2, 0.25) is 0 Å². The maximum absolute atomic E-state index is 12.6. The zero-order chi connectivity index (χ0) is 15.4. The number of rotatable bonds is 4. The lowest BCUT2D eigenvalue weighted by molar-refractivity contribution is 0.0298. The molecule has 2 aromatic rings. The first-order valence-electron chi connectivity index (χ1n) is 7.63. The molecule has 2 heterocycles. The average molecular weight is 300 g/mol. The third kappa shape index (κ3) is 3.01. The zero-order valence-corrected chi connectivity index (χ0v) is 12.7. The first-order valence-corrected chi connectivity index (χ1v) is 7.63. The Balaban J connectivity index is 1.82. The third-order valence-corrected chi connectivity index (χ3v) is 3.85. The molecule has 3 rings (SSSR count). The largest absolute Gasteiger partial charge is 0.378 e. The van der Waals surface area contributed by atoms with Gasteiger partial charge in [0.15, 0.2) is 5.69 Å². The summed E-state index contributed by atoms with van der Waals surface area (Å²) in [6, 6.07) is 10.1. The molecule has 0 atom stereocenters. The fraction of sp³-hybridized carbons (Fsp3) is 0.438. The fourth-order valence-electron chi connectivity index (χ4n) is 2.65. The molecule has 0 spiro atoms. The summed E-state index contributed by atoms with van der Waals surface area (Å²) in [6.07, 6.45) is 0.727. The molecule has 1 aliphatic heterocycles. The van der Waals surface area contributed by atoms with E-state index in [1.807, 2.05) is 41.9 Å². The Kier molecular flexibility index (Phi) is 4.48. The van der Waals surface area contributed by atoms with Crippen LogP contribution in [0.15, 0.2) is 30.3 Å². The van der Waals surface area contributed by atoms with Crippen molar-refractivity contribution < 1.29 is 9.53 Å². The minimum Gasteiger partial charge on any atom is -0.378 e. The van der Waals surface area contributed by atoms with Gasteiger partial charge in [-0.3, -0.25) is 4.79 Å². The lowest BCUT2D eigenvalue weighted by atomic mass is 10.2. The second-order valence-corrected chi connectivity index (χ2v) is 5.29. The van der Waals surface area contributed by atoms with E-state index >= 15 is 0 Å². The maximum atomic E-state index is 12.6. The summed E-state index contributed by atoms with van der Waals surface area (Å²) < 4.78 is 7.11. The van der Waals surface area contributed by atoms with E-state index in [0.717, 1.165) is 17.7 Å². The number of amides is 1. The van der Waals surface area contributed by atoms with Gasteiger partial charge in [0, 0.05) is 13.1 Å². The Morgan fingerprint density at radius 1 is 1.23 bits per heavy atom. The Bertz CT molecular complexity index is 633. The van der Waals surface area contributed by atoms with Gasteiger partial charge in [0.05, 0.1) is 25.5 Å². The number of carbonyl (C=O) groups is 1. The third-order valence-electron chi connectivity index (χ3n) is 3.85. The molecule has 1 aromatic heterocycles. The molecule has 0 bridgehead atoms. The van der Waals surface area contributed by atoms with Crippen molar-refractivity contribution in [1.29, 1.82) is 0 Å². The normalized spacial score (nSPS) is 15.0. The number of hydrogen-bond donors (Lipinski definition) is 0. The lowest BCUT2D eigenvalue weighted by Crippen LogP contribution is -2.41. The van der Waals surface area contributed by atoms with E-state index < -0.39 is 0 Å². The SMILES string of the molecule is CCc1c(C(=O)N2CCOCC2)nnn1Cc1ccccc1. The highest BCUT2D eigenvalue weighted by Crippen LogP contribution is 2.13. The van der Waals surface area contributed by atoms with Crippen LogP contribution in [-0.4, -0.2) is 52.1 Å². The molecule has 6 nitrogen and oxygen atoms in total. The monoisotopic (exact) mass is 300 g/mol. The molecule has 0 saturated carbocycles. The predicted octanol–water partition coefficient (Wildman–Crippen LogP) is 1.36. The molecule has 0 aliphatic carbocycles. The van der Waals surface area contributed by atoms with Gasteiger partial charge in [0.2, 0.25) is 0 Å². The molecule has 1 saturated heterocycles. The molecular weight excluding hydrogens is 280 g/mol. The van der Waals surface area contributed by atoms with Crippen molar-refractivity contribution in [2.75, 3.05) is 26.3 Å². The van der Waals surface area contributed by atoms with E-state index in [0.29, 0.717) is 38.5 Å². The van der Waals surface area contributed by atoms with Crippen molar-refractivity contribution in [3.63, 3.8) is 0 Å². The summed E-state index contributed by atoms with van der Waals surface area (Å²) in [5, 5.41) is 8.33. The lowest BCUT2D eigenvalue weighted by Gasteiger charge is -2.26. The van der Waals surface area contributed by atoms with Crippen LogP contribution in [-0.2, 0) is 17.7 Å². The summed E-state index contributed by atoms with van der Waals surface area (Å²) >= 11 is 0. The molecule has 0 unspecified atom stereocenters. The molecule has 6 heteroatoms. The van der Waals surface area contributed by atoms with Crippen LogP contribution in [0.3, 0.4) is 0 Å². The number of aromatic nitrogens is 3. The summed E-state index contributed by atoms with van der Waals surface area (Å²) in [4.78, 5) is 14.4. The Hall–Kier alpha value is -2.21. The molecule has 0 N–H and O–H groups in total. The number of benzene rings is 1. The first kappa shape index (κ1) is 14.7. The van der Waals surface area contributed by atoms with Gasteiger partial charge in [-0.05, 0) is 12.0 Å². The van der Waals surface area contributed by atoms with E-state index in [4.69, 9.17) is 4.74 Å². The second kappa shape index (κ2) is 6.70. The van der Waals surface area contributed by atoms with Crippen LogP contribution in [0, 0.1) is 0 Å². The molecule has 116 valence electrons. The molecule has 1 aliphatic rings.